The van der Waals surface area contributed by atoms with Crippen LogP contribution in [0.4, 0.5) is 5.69 Å². The highest BCUT2D eigenvalue weighted by atomic mass is 32.2. The van der Waals surface area contributed by atoms with Gasteiger partial charge in [-0.3, -0.25) is 14.5 Å². The van der Waals surface area contributed by atoms with E-state index in [9.17, 15) is 13.2 Å². The molecule has 9 heteroatoms. The molecule has 0 saturated heterocycles. The van der Waals surface area contributed by atoms with E-state index in [1.807, 2.05) is 18.2 Å². The summed E-state index contributed by atoms with van der Waals surface area (Å²) in [6.45, 7) is 2.44. The van der Waals surface area contributed by atoms with Crippen LogP contribution in [0.15, 0.2) is 67.0 Å². The number of carbonyl (C=O) groups excluding carboxylic acids is 1. The zero-order valence-corrected chi connectivity index (χ0v) is 19.4. The summed E-state index contributed by atoms with van der Waals surface area (Å²) in [7, 11) is -1.87. The monoisotopic (exact) mass is 469 g/mol. The number of rotatable bonds is 11. The number of benzene rings is 2. The molecular weight excluding hydrogens is 442 g/mol. The predicted molar refractivity (Wildman–Crippen MR) is 127 cm³/mol. The second kappa shape index (κ2) is 11.3. The first-order valence-electron chi connectivity index (χ1n) is 10.5. The molecule has 0 aliphatic heterocycles. The van der Waals surface area contributed by atoms with Crippen LogP contribution in [0, 0.1) is 0 Å². The predicted octanol–water partition coefficient (Wildman–Crippen LogP) is 3.75. The summed E-state index contributed by atoms with van der Waals surface area (Å²) in [6.07, 6.45) is 3.92. The Kier molecular flexibility index (Phi) is 8.26. The Morgan fingerprint density at radius 1 is 1.00 bits per heavy atom. The highest BCUT2D eigenvalue weighted by molar-refractivity contribution is 7.92. The van der Waals surface area contributed by atoms with Crippen molar-refractivity contribution >= 4 is 21.6 Å². The van der Waals surface area contributed by atoms with Gasteiger partial charge in [0.25, 0.3) is 5.91 Å². The Morgan fingerprint density at radius 3 is 2.52 bits per heavy atom. The largest absolute Gasteiger partial charge is 0.493 e. The molecule has 1 heterocycles. The second-order valence-electron chi connectivity index (χ2n) is 7.31. The molecule has 8 nitrogen and oxygen atoms in total. The third kappa shape index (κ3) is 7.21. The number of sulfonamides is 1. The van der Waals surface area contributed by atoms with E-state index in [0.717, 1.165) is 11.1 Å². The van der Waals surface area contributed by atoms with Crippen LogP contribution < -0.4 is 19.5 Å². The zero-order valence-electron chi connectivity index (χ0n) is 18.6. The molecule has 3 rings (SSSR count). The van der Waals surface area contributed by atoms with Gasteiger partial charge in [-0.15, -0.1) is 0 Å². The Bertz CT molecular complexity index is 1180. The molecule has 1 amide bonds. The maximum absolute atomic E-state index is 12.6. The minimum absolute atomic E-state index is 0.0214. The fourth-order valence-corrected chi connectivity index (χ4v) is 4.21. The van der Waals surface area contributed by atoms with Gasteiger partial charge in [0.2, 0.25) is 10.0 Å². The third-order valence-corrected chi connectivity index (χ3v) is 6.19. The Labute approximate surface area is 194 Å². The van der Waals surface area contributed by atoms with Crippen molar-refractivity contribution in [3.8, 4) is 11.5 Å². The quantitative estimate of drug-likeness (QED) is 0.443. The average molecular weight is 470 g/mol. The molecular formula is C24H27N3O5S. The van der Waals surface area contributed by atoms with Crippen LogP contribution in [0.1, 0.15) is 34.8 Å². The number of hydrogen-bond donors (Lipinski definition) is 2. The van der Waals surface area contributed by atoms with E-state index < -0.39 is 10.0 Å². The summed E-state index contributed by atoms with van der Waals surface area (Å²) in [4.78, 5) is 16.6. The molecule has 0 unspecified atom stereocenters. The number of aromatic nitrogens is 1. The topological polar surface area (TPSA) is 107 Å². The fraction of sp³-hybridized carbons (Fsp3) is 0.250. The van der Waals surface area contributed by atoms with Crippen molar-refractivity contribution in [2.24, 2.45) is 0 Å². The lowest BCUT2D eigenvalue weighted by atomic mass is 10.1. The highest BCUT2D eigenvalue weighted by Gasteiger charge is 2.12. The van der Waals surface area contributed by atoms with Gasteiger partial charge in [0, 0.05) is 30.2 Å². The van der Waals surface area contributed by atoms with Gasteiger partial charge in [0.1, 0.15) is 6.61 Å². The van der Waals surface area contributed by atoms with E-state index in [2.05, 4.69) is 15.0 Å². The van der Waals surface area contributed by atoms with Crippen molar-refractivity contribution in [1.82, 2.24) is 10.3 Å². The molecule has 0 aliphatic rings. The van der Waals surface area contributed by atoms with Crippen molar-refractivity contribution < 1.29 is 22.7 Å². The molecule has 174 valence electrons. The maximum atomic E-state index is 12.6. The zero-order chi connectivity index (χ0) is 23.7. The van der Waals surface area contributed by atoms with Crippen molar-refractivity contribution in [2.45, 2.75) is 26.5 Å². The van der Waals surface area contributed by atoms with Crippen LogP contribution in [-0.2, 0) is 23.2 Å². The van der Waals surface area contributed by atoms with Gasteiger partial charge in [-0.1, -0.05) is 19.1 Å². The molecule has 2 N–H and O–H groups in total. The van der Waals surface area contributed by atoms with Gasteiger partial charge in [0.15, 0.2) is 11.5 Å². The molecule has 3 aromatic rings. The number of pyridine rings is 1. The third-order valence-electron chi connectivity index (χ3n) is 4.70. The van der Waals surface area contributed by atoms with E-state index in [4.69, 9.17) is 9.47 Å². The van der Waals surface area contributed by atoms with Gasteiger partial charge in [-0.2, -0.15) is 0 Å². The fourth-order valence-electron chi connectivity index (χ4n) is 3.09. The maximum Gasteiger partial charge on any atom is 0.251 e. The molecule has 0 radical (unpaired) electrons. The molecule has 0 atom stereocenters. The van der Waals surface area contributed by atoms with Gasteiger partial charge in [-0.25, -0.2) is 8.42 Å². The molecule has 2 aromatic carbocycles. The van der Waals surface area contributed by atoms with E-state index in [1.165, 1.54) is 6.07 Å². The first kappa shape index (κ1) is 24.1. The number of anilines is 1. The Morgan fingerprint density at radius 2 is 1.79 bits per heavy atom. The summed E-state index contributed by atoms with van der Waals surface area (Å²) < 4.78 is 37.7. The average Bonchev–Trinajstić information content (AvgIpc) is 2.81. The van der Waals surface area contributed by atoms with Crippen LogP contribution in [0.3, 0.4) is 0 Å². The van der Waals surface area contributed by atoms with Crippen LogP contribution in [0.2, 0.25) is 0 Å². The molecule has 0 fully saturated rings. The summed E-state index contributed by atoms with van der Waals surface area (Å²) in [5.74, 6) is 0.858. The van der Waals surface area contributed by atoms with Crippen molar-refractivity contribution in [3.63, 3.8) is 0 Å². The minimum Gasteiger partial charge on any atom is -0.493 e. The van der Waals surface area contributed by atoms with Gasteiger partial charge >= 0.3 is 0 Å². The summed E-state index contributed by atoms with van der Waals surface area (Å²) in [6, 6.07) is 15.6. The van der Waals surface area contributed by atoms with Crippen LogP contribution >= 0.6 is 0 Å². The van der Waals surface area contributed by atoms with E-state index in [0.29, 0.717) is 35.8 Å². The Hall–Kier alpha value is -3.59. The number of nitrogens with one attached hydrogen (secondary N) is 2. The van der Waals surface area contributed by atoms with Gasteiger partial charge in [-0.05, 0) is 60.0 Å². The SMILES string of the molecule is CCCS(=O)(=O)Nc1cccc(C(=O)NCc2ccc(OCc3ccncc3)c(OC)c2)c1. The van der Waals surface area contributed by atoms with Crippen molar-refractivity contribution in [2.75, 3.05) is 17.6 Å². The smallest absolute Gasteiger partial charge is 0.251 e. The van der Waals surface area contributed by atoms with E-state index in [-0.39, 0.29) is 18.2 Å². The van der Waals surface area contributed by atoms with Crippen molar-refractivity contribution in [3.05, 3.63) is 83.7 Å². The van der Waals surface area contributed by atoms with Crippen LogP contribution in [-0.4, -0.2) is 32.2 Å². The molecule has 0 bridgehead atoms. The Balaban J connectivity index is 1.61. The first-order chi connectivity index (χ1) is 15.9. The van der Waals surface area contributed by atoms with Crippen LogP contribution in [0.5, 0.6) is 11.5 Å². The molecule has 0 spiro atoms. The van der Waals surface area contributed by atoms with Gasteiger partial charge in [0.05, 0.1) is 12.9 Å². The van der Waals surface area contributed by atoms with E-state index in [1.54, 1.807) is 56.8 Å². The number of ether oxygens (including phenoxy) is 2. The molecule has 33 heavy (non-hydrogen) atoms. The lowest BCUT2D eigenvalue weighted by Crippen LogP contribution is -2.23. The minimum atomic E-state index is -3.43. The van der Waals surface area contributed by atoms with E-state index >= 15 is 0 Å². The number of hydrogen-bond acceptors (Lipinski definition) is 6. The lowest BCUT2D eigenvalue weighted by Gasteiger charge is -2.13. The van der Waals surface area contributed by atoms with Gasteiger partial charge < -0.3 is 14.8 Å². The number of methoxy groups -OCH3 is 1. The van der Waals surface area contributed by atoms with Crippen LogP contribution in [0.25, 0.3) is 0 Å². The number of nitrogens with zero attached hydrogens (tertiary/aromatic N) is 1. The normalized spacial score (nSPS) is 11.0. The first-order valence-corrected chi connectivity index (χ1v) is 12.1. The lowest BCUT2D eigenvalue weighted by molar-refractivity contribution is 0.0951. The highest BCUT2D eigenvalue weighted by Crippen LogP contribution is 2.29. The molecule has 0 saturated carbocycles. The van der Waals surface area contributed by atoms with Crippen molar-refractivity contribution in [1.29, 1.82) is 0 Å². The number of amides is 1. The molecule has 0 aliphatic carbocycles. The summed E-state index contributed by atoms with van der Waals surface area (Å²) in [5.41, 5.74) is 2.53. The standard InChI is InChI=1S/C24H27N3O5S/c1-3-13-33(29,30)27-21-6-4-5-20(15-21)24(28)26-16-19-7-8-22(23(14-19)31-2)32-17-18-9-11-25-12-10-18/h4-12,14-15,27H,3,13,16-17H2,1-2H3,(H,26,28). The number of carbonyl (C=O) groups is 1. The summed E-state index contributed by atoms with van der Waals surface area (Å²) in [5, 5.41) is 2.84. The molecule has 1 aromatic heterocycles. The second-order valence-corrected chi connectivity index (χ2v) is 9.16. The summed E-state index contributed by atoms with van der Waals surface area (Å²) >= 11 is 0.